The first-order chi connectivity index (χ1) is 19.9. The van der Waals surface area contributed by atoms with Gasteiger partial charge in [0.05, 0.1) is 27.2 Å². The standard InChI is InChI=1S/C31H24N4O3S3/c1-18-28(40-19(2)32-18)26(36)25-24(16-15-20-9-4-3-5-10-20)35(29(38)27(25)37)30-33-34-31(41-30)39-17-22-13-8-12-21-11-6-7-14-23(21)22/h3-16,24,37H,17H2,1-2H3. The second-order valence-electron chi connectivity index (χ2n) is 9.41. The zero-order valence-electron chi connectivity index (χ0n) is 22.1. The Morgan fingerprint density at radius 1 is 1.00 bits per heavy atom. The molecule has 6 rings (SSSR count). The number of thioether (sulfide) groups is 1. The molecule has 1 amide bonds. The molecule has 0 fully saturated rings. The van der Waals surface area contributed by atoms with E-state index in [4.69, 9.17) is 0 Å². The lowest BCUT2D eigenvalue weighted by Crippen LogP contribution is -2.35. The molecule has 2 aromatic heterocycles. The Morgan fingerprint density at radius 2 is 1.76 bits per heavy atom. The first-order valence-corrected chi connectivity index (χ1v) is 15.4. The van der Waals surface area contributed by atoms with Gasteiger partial charge in [-0.15, -0.1) is 21.5 Å². The van der Waals surface area contributed by atoms with Crippen LogP contribution in [0, 0.1) is 13.8 Å². The molecule has 1 N–H and O–H groups in total. The summed E-state index contributed by atoms with van der Waals surface area (Å²) in [6, 6.07) is 23.2. The van der Waals surface area contributed by atoms with Crippen LogP contribution in [0.5, 0.6) is 0 Å². The van der Waals surface area contributed by atoms with Gasteiger partial charge in [0.1, 0.15) is 0 Å². The number of aromatic nitrogens is 3. The summed E-state index contributed by atoms with van der Waals surface area (Å²) in [4.78, 5) is 33.3. The SMILES string of the molecule is Cc1nc(C)c(C(=O)C2=C(O)C(=O)N(c3nnc(SCc4cccc5ccccc45)s3)C2C=Cc2ccccc2)s1. The number of fused-ring (bicyclic) bond motifs is 1. The van der Waals surface area contributed by atoms with Crippen LogP contribution in [0.3, 0.4) is 0 Å². The molecular weight excluding hydrogens is 573 g/mol. The topological polar surface area (TPSA) is 96.3 Å². The smallest absolute Gasteiger partial charge is 0.296 e. The molecule has 0 spiro atoms. The maximum atomic E-state index is 13.7. The van der Waals surface area contributed by atoms with Gasteiger partial charge in [0.25, 0.3) is 5.91 Å². The van der Waals surface area contributed by atoms with Gasteiger partial charge in [-0.05, 0) is 35.7 Å². The molecule has 204 valence electrons. The van der Waals surface area contributed by atoms with Crippen LogP contribution in [0.15, 0.2) is 94.5 Å². The molecule has 10 heteroatoms. The van der Waals surface area contributed by atoms with E-state index in [2.05, 4.69) is 39.4 Å². The van der Waals surface area contributed by atoms with E-state index < -0.39 is 23.5 Å². The van der Waals surface area contributed by atoms with E-state index in [1.54, 1.807) is 13.0 Å². The van der Waals surface area contributed by atoms with E-state index in [-0.39, 0.29) is 5.57 Å². The summed E-state index contributed by atoms with van der Waals surface area (Å²) in [6.45, 7) is 3.57. The minimum atomic E-state index is -0.860. The fourth-order valence-electron chi connectivity index (χ4n) is 4.80. The summed E-state index contributed by atoms with van der Waals surface area (Å²) in [5.74, 6) is -1.00. The first-order valence-electron chi connectivity index (χ1n) is 12.8. The highest BCUT2D eigenvalue weighted by atomic mass is 32.2. The molecule has 41 heavy (non-hydrogen) atoms. The molecular formula is C31H24N4O3S3. The number of carbonyl (C=O) groups excluding carboxylic acids is 2. The number of aliphatic hydroxyl groups is 1. The number of Topliss-reactive ketones (excluding diaryl/α,β-unsaturated/α-hetero) is 1. The van der Waals surface area contributed by atoms with Crippen molar-refractivity contribution in [3.63, 3.8) is 0 Å². The molecule has 1 aliphatic rings. The van der Waals surface area contributed by atoms with Crippen molar-refractivity contribution < 1.29 is 14.7 Å². The molecule has 0 saturated carbocycles. The van der Waals surface area contributed by atoms with Crippen LogP contribution < -0.4 is 4.90 Å². The summed E-state index contributed by atoms with van der Waals surface area (Å²) in [6.07, 6.45) is 3.58. The second-order valence-corrected chi connectivity index (χ2v) is 12.8. The van der Waals surface area contributed by atoms with Gasteiger partial charge in [-0.3, -0.25) is 14.5 Å². The molecule has 3 aromatic carbocycles. The minimum absolute atomic E-state index is 0.00842. The Labute approximate surface area is 248 Å². The summed E-state index contributed by atoms with van der Waals surface area (Å²) in [5.41, 5.74) is 2.64. The fourth-order valence-corrected chi connectivity index (χ4v) is 7.56. The molecule has 0 bridgehead atoms. The third-order valence-corrected chi connectivity index (χ3v) is 9.88. The number of hydrogen-bond acceptors (Lipinski definition) is 9. The van der Waals surface area contributed by atoms with Gasteiger partial charge in [0.15, 0.2) is 10.1 Å². The number of aliphatic hydroxyl groups excluding tert-OH is 1. The van der Waals surface area contributed by atoms with Crippen molar-refractivity contribution in [2.75, 3.05) is 4.90 Å². The monoisotopic (exact) mass is 596 g/mol. The summed E-state index contributed by atoms with van der Waals surface area (Å²) < 4.78 is 0.680. The first kappa shape index (κ1) is 27.1. The normalized spacial score (nSPS) is 15.5. The van der Waals surface area contributed by atoms with Crippen molar-refractivity contribution >= 4 is 68.1 Å². The Morgan fingerprint density at radius 3 is 2.54 bits per heavy atom. The van der Waals surface area contributed by atoms with Gasteiger partial charge in [0, 0.05) is 5.75 Å². The quantitative estimate of drug-likeness (QED) is 0.115. The van der Waals surface area contributed by atoms with Crippen molar-refractivity contribution in [3.05, 3.63) is 117 Å². The van der Waals surface area contributed by atoms with Crippen LogP contribution >= 0.6 is 34.4 Å². The number of carbonyl (C=O) groups is 2. The number of aryl methyl sites for hydroxylation is 2. The molecule has 7 nitrogen and oxygen atoms in total. The minimum Gasteiger partial charge on any atom is -0.503 e. The van der Waals surface area contributed by atoms with Gasteiger partial charge < -0.3 is 5.11 Å². The van der Waals surface area contributed by atoms with Gasteiger partial charge in [-0.1, -0.05) is 108 Å². The van der Waals surface area contributed by atoms with Crippen LogP contribution in [0.1, 0.15) is 31.5 Å². The van der Waals surface area contributed by atoms with Gasteiger partial charge in [0.2, 0.25) is 10.9 Å². The maximum absolute atomic E-state index is 13.7. The Bertz CT molecular complexity index is 1840. The number of benzene rings is 3. The van der Waals surface area contributed by atoms with Gasteiger partial charge in [-0.25, -0.2) is 4.98 Å². The molecule has 0 saturated heterocycles. The highest BCUT2D eigenvalue weighted by Crippen LogP contribution is 2.39. The van der Waals surface area contributed by atoms with E-state index in [0.717, 1.165) is 10.6 Å². The molecule has 1 aliphatic heterocycles. The van der Waals surface area contributed by atoms with Crippen molar-refractivity contribution in [3.8, 4) is 0 Å². The Kier molecular flexibility index (Phi) is 7.53. The largest absolute Gasteiger partial charge is 0.503 e. The molecule has 0 radical (unpaired) electrons. The van der Waals surface area contributed by atoms with Crippen LogP contribution in [0.25, 0.3) is 16.8 Å². The van der Waals surface area contributed by atoms with Crippen molar-refractivity contribution in [1.82, 2.24) is 15.2 Å². The summed E-state index contributed by atoms with van der Waals surface area (Å²) in [5, 5.41) is 23.1. The van der Waals surface area contributed by atoms with E-state index in [1.165, 1.54) is 55.7 Å². The highest BCUT2D eigenvalue weighted by Gasteiger charge is 2.44. The van der Waals surface area contributed by atoms with E-state index in [9.17, 15) is 14.7 Å². The zero-order valence-corrected chi connectivity index (χ0v) is 24.6. The lowest BCUT2D eigenvalue weighted by Gasteiger charge is -2.20. The molecule has 1 unspecified atom stereocenters. The predicted molar refractivity (Wildman–Crippen MR) is 166 cm³/mol. The fraction of sp³-hybridized carbons (Fsp3) is 0.129. The van der Waals surface area contributed by atoms with Crippen molar-refractivity contribution in [2.45, 2.75) is 30.0 Å². The van der Waals surface area contributed by atoms with Crippen molar-refractivity contribution in [2.24, 2.45) is 0 Å². The van der Waals surface area contributed by atoms with Gasteiger partial charge >= 0.3 is 0 Å². The van der Waals surface area contributed by atoms with E-state index in [0.29, 0.717) is 25.8 Å². The molecule has 3 heterocycles. The summed E-state index contributed by atoms with van der Waals surface area (Å²) in [7, 11) is 0. The predicted octanol–water partition coefficient (Wildman–Crippen LogP) is 7.18. The molecule has 1 atom stereocenters. The van der Waals surface area contributed by atoms with Gasteiger partial charge in [-0.2, -0.15) is 0 Å². The lowest BCUT2D eigenvalue weighted by molar-refractivity contribution is -0.116. The van der Waals surface area contributed by atoms with E-state index >= 15 is 0 Å². The van der Waals surface area contributed by atoms with E-state index in [1.807, 2.05) is 61.5 Å². The Hall–Kier alpha value is -4.12. The number of nitrogens with zero attached hydrogens (tertiary/aromatic N) is 4. The highest BCUT2D eigenvalue weighted by molar-refractivity contribution is 8.00. The van der Waals surface area contributed by atoms with Crippen molar-refractivity contribution in [1.29, 1.82) is 0 Å². The summed E-state index contributed by atoms with van der Waals surface area (Å²) >= 11 is 4.03. The molecule has 5 aromatic rings. The third kappa shape index (κ3) is 5.33. The maximum Gasteiger partial charge on any atom is 0.296 e. The number of hydrogen-bond donors (Lipinski definition) is 1. The average molecular weight is 597 g/mol. The second kappa shape index (κ2) is 11.4. The third-order valence-electron chi connectivity index (χ3n) is 6.71. The number of thiazole rings is 1. The lowest BCUT2D eigenvalue weighted by atomic mass is 10.0. The number of anilines is 1. The number of amides is 1. The van der Waals surface area contributed by atoms with Crippen LogP contribution in [-0.2, 0) is 10.5 Å². The van der Waals surface area contributed by atoms with Crippen LogP contribution in [0.2, 0.25) is 0 Å². The number of ketones is 1. The van der Waals surface area contributed by atoms with Crippen LogP contribution in [0.4, 0.5) is 5.13 Å². The number of rotatable bonds is 8. The van der Waals surface area contributed by atoms with Crippen LogP contribution in [-0.4, -0.2) is 38.0 Å². The average Bonchev–Trinajstić information content (AvgIpc) is 3.66. The zero-order chi connectivity index (χ0) is 28.5. The Balaban J connectivity index is 1.32. The molecule has 0 aliphatic carbocycles.